The van der Waals surface area contributed by atoms with E-state index in [1.807, 2.05) is 0 Å². The van der Waals surface area contributed by atoms with E-state index < -0.39 is 18.0 Å². The summed E-state index contributed by atoms with van der Waals surface area (Å²) in [5, 5.41) is 0. The van der Waals surface area contributed by atoms with Crippen LogP contribution in [0.1, 0.15) is 32.6 Å². The number of rotatable bonds is 5. The summed E-state index contributed by atoms with van der Waals surface area (Å²) in [4.78, 5) is 24.4. The molecule has 3 atom stereocenters. The number of nitrogens with two attached hydrogens (primary N) is 2. The van der Waals surface area contributed by atoms with Gasteiger partial charge in [0.25, 0.3) is 0 Å². The number of carbonyl (C=O) groups is 2. The largest absolute Gasteiger partial charge is 0.368 e. The molecule has 0 bridgehead atoms. The van der Waals surface area contributed by atoms with Crippen LogP contribution in [-0.4, -0.2) is 35.8 Å². The van der Waals surface area contributed by atoms with Gasteiger partial charge in [0.1, 0.15) is 6.04 Å². The Labute approximate surface area is 108 Å². The van der Waals surface area contributed by atoms with Gasteiger partial charge in [-0.1, -0.05) is 12.2 Å². The zero-order valence-electron chi connectivity index (χ0n) is 11.1. The van der Waals surface area contributed by atoms with Crippen molar-refractivity contribution in [3.05, 3.63) is 12.2 Å². The molecule has 1 aliphatic carbocycles. The Morgan fingerprint density at radius 3 is 2.61 bits per heavy atom. The summed E-state index contributed by atoms with van der Waals surface area (Å²) in [6.45, 7) is 1.61. The molecule has 102 valence electrons. The highest BCUT2D eigenvalue weighted by Crippen LogP contribution is 2.22. The van der Waals surface area contributed by atoms with Crippen LogP contribution in [0.4, 0.5) is 0 Å². The van der Waals surface area contributed by atoms with Gasteiger partial charge in [0.05, 0.1) is 6.04 Å². The molecule has 18 heavy (non-hydrogen) atoms. The minimum atomic E-state index is -0.616. The first kappa shape index (κ1) is 14.7. The summed E-state index contributed by atoms with van der Waals surface area (Å²) in [7, 11) is 1.57. The van der Waals surface area contributed by atoms with E-state index in [9.17, 15) is 9.59 Å². The van der Waals surface area contributed by atoms with Crippen LogP contribution in [0.5, 0.6) is 0 Å². The summed E-state index contributed by atoms with van der Waals surface area (Å²) in [5.41, 5.74) is 11.1. The van der Waals surface area contributed by atoms with Gasteiger partial charge in [0.15, 0.2) is 0 Å². The Hall–Kier alpha value is -1.36. The van der Waals surface area contributed by atoms with Crippen LogP contribution in [0.3, 0.4) is 0 Å². The highest BCUT2D eigenvalue weighted by Gasteiger charge is 2.26. The number of likely N-dealkylation sites (N-methyl/N-ethyl adjacent to an activating group) is 1. The Balaban J connectivity index is 2.49. The number of hydrogen-bond donors (Lipinski definition) is 2. The molecule has 0 heterocycles. The van der Waals surface area contributed by atoms with Crippen molar-refractivity contribution in [1.82, 2.24) is 4.90 Å². The van der Waals surface area contributed by atoms with E-state index in [1.54, 1.807) is 14.0 Å². The number of primary amides is 1. The first-order valence-corrected chi connectivity index (χ1v) is 6.40. The van der Waals surface area contributed by atoms with Crippen molar-refractivity contribution in [2.24, 2.45) is 17.4 Å². The second-order valence-corrected chi connectivity index (χ2v) is 5.02. The summed E-state index contributed by atoms with van der Waals surface area (Å²) >= 11 is 0. The molecule has 1 unspecified atom stereocenters. The fraction of sp³-hybridized carbons (Fsp3) is 0.692. The highest BCUT2D eigenvalue weighted by molar-refractivity contribution is 5.88. The predicted molar refractivity (Wildman–Crippen MR) is 70.5 cm³/mol. The highest BCUT2D eigenvalue weighted by atomic mass is 16.2. The molecule has 5 nitrogen and oxygen atoms in total. The van der Waals surface area contributed by atoms with Gasteiger partial charge >= 0.3 is 0 Å². The smallest absolute Gasteiger partial charge is 0.239 e. The molecule has 1 rings (SSSR count). The molecular formula is C13H23N3O2. The summed E-state index contributed by atoms with van der Waals surface area (Å²) < 4.78 is 0. The van der Waals surface area contributed by atoms with Gasteiger partial charge in [0.2, 0.25) is 11.8 Å². The second-order valence-electron chi connectivity index (χ2n) is 5.02. The van der Waals surface area contributed by atoms with Crippen molar-refractivity contribution in [2.75, 3.05) is 7.05 Å². The average molecular weight is 253 g/mol. The molecule has 0 aliphatic heterocycles. The topological polar surface area (TPSA) is 89.4 Å². The number of amides is 2. The molecule has 0 spiro atoms. The minimum Gasteiger partial charge on any atom is -0.368 e. The quantitative estimate of drug-likeness (QED) is 0.695. The van der Waals surface area contributed by atoms with Crippen LogP contribution in [-0.2, 0) is 9.59 Å². The van der Waals surface area contributed by atoms with Gasteiger partial charge in [-0.15, -0.1) is 0 Å². The normalized spacial score (nSPS) is 22.3. The Bertz CT molecular complexity index is 341. The van der Waals surface area contributed by atoms with E-state index in [0.29, 0.717) is 12.3 Å². The molecule has 4 N–H and O–H groups in total. The molecule has 0 saturated carbocycles. The molecular weight excluding hydrogens is 230 g/mol. The lowest BCUT2D eigenvalue weighted by Crippen LogP contribution is -2.50. The maximum Gasteiger partial charge on any atom is 0.239 e. The number of carbonyl (C=O) groups excluding carboxylic acids is 2. The predicted octanol–water partition coefficient (Wildman–Crippen LogP) is 0.392. The standard InChI is InChI=1S/C13H23N3O2/c1-9(12(15)17)16(2)13(18)11(14)8-10-6-4-3-5-7-10/h3-4,9-11H,5-8,14H2,1-2H3,(H2,15,17)/t9-,10?,11-/m0/s1. The SMILES string of the molecule is C[C@@H](C(N)=O)N(C)C(=O)[C@@H](N)CC1CC=CCC1. The van der Waals surface area contributed by atoms with Gasteiger partial charge in [-0.05, 0) is 38.5 Å². The minimum absolute atomic E-state index is 0.212. The molecule has 0 radical (unpaired) electrons. The van der Waals surface area contributed by atoms with Crippen molar-refractivity contribution < 1.29 is 9.59 Å². The van der Waals surface area contributed by atoms with Crippen LogP contribution in [0.25, 0.3) is 0 Å². The summed E-state index contributed by atoms with van der Waals surface area (Å²) in [6.07, 6.45) is 8.08. The van der Waals surface area contributed by atoms with Crippen LogP contribution in [0.15, 0.2) is 12.2 Å². The lowest BCUT2D eigenvalue weighted by Gasteiger charge is -2.27. The fourth-order valence-electron chi connectivity index (χ4n) is 2.17. The molecule has 0 fully saturated rings. The number of allylic oxidation sites excluding steroid dienone is 2. The van der Waals surface area contributed by atoms with E-state index in [-0.39, 0.29) is 5.91 Å². The Kier molecular flexibility index (Phi) is 5.34. The third-order valence-corrected chi connectivity index (χ3v) is 3.62. The molecule has 0 aromatic rings. The molecule has 0 aromatic carbocycles. The maximum atomic E-state index is 12.0. The number of nitrogens with zero attached hydrogens (tertiary/aromatic N) is 1. The third-order valence-electron chi connectivity index (χ3n) is 3.62. The lowest BCUT2D eigenvalue weighted by molar-refractivity contribution is -0.138. The fourth-order valence-corrected chi connectivity index (χ4v) is 2.17. The third kappa shape index (κ3) is 3.84. The van der Waals surface area contributed by atoms with E-state index in [1.165, 1.54) is 4.90 Å². The van der Waals surface area contributed by atoms with Crippen molar-refractivity contribution in [2.45, 2.75) is 44.7 Å². The van der Waals surface area contributed by atoms with E-state index >= 15 is 0 Å². The molecule has 0 saturated heterocycles. The second kappa shape index (κ2) is 6.54. The lowest BCUT2D eigenvalue weighted by atomic mass is 9.88. The van der Waals surface area contributed by atoms with Crippen molar-refractivity contribution >= 4 is 11.8 Å². The zero-order valence-corrected chi connectivity index (χ0v) is 11.1. The van der Waals surface area contributed by atoms with Crippen LogP contribution >= 0.6 is 0 Å². The van der Waals surface area contributed by atoms with Crippen LogP contribution in [0, 0.1) is 5.92 Å². The first-order valence-electron chi connectivity index (χ1n) is 6.40. The number of hydrogen-bond acceptors (Lipinski definition) is 3. The van der Waals surface area contributed by atoms with Crippen LogP contribution in [0.2, 0.25) is 0 Å². The van der Waals surface area contributed by atoms with Gasteiger partial charge in [-0.25, -0.2) is 0 Å². The first-order chi connectivity index (χ1) is 8.43. The maximum absolute atomic E-state index is 12.0. The zero-order chi connectivity index (χ0) is 13.7. The Morgan fingerprint density at radius 2 is 2.11 bits per heavy atom. The van der Waals surface area contributed by atoms with Gasteiger partial charge in [-0.3, -0.25) is 9.59 Å². The van der Waals surface area contributed by atoms with Crippen molar-refractivity contribution in [1.29, 1.82) is 0 Å². The molecule has 1 aliphatic rings. The van der Waals surface area contributed by atoms with E-state index in [4.69, 9.17) is 11.5 Å². The average Bonchev–Trinajstić information content (AvgIpc) is 2.37. The van der Waals surface area contributed by atoms with Crippen molar-refractivity contribution in [3.63, 3.8) is 0 Å². The molecule has 0 aromatic heterocycles. The molecule has 5 heteroatoms. The monoisotopic (exact) mass is 253 g/mol. The summed E-state index contributed by atoms with van der Waals surface area (Å²) in [6, 6.07) is -1.16. The van der Waals surface area contributed by atoms with Crippen molar-refractivity contribution in [3.8, 4) is 0 Å². The van der Waals surface area contributed by atoms with Crippen LogP contribution < -0.4 is 11.5 Å². The van der Waals surface area contributed by atoms with E-state index in [0.717, 1.165) is 19.3 Å². The molecule has 2 amide bonds. The van der Waals surface area contributed by atoms with E-state index in [2.05, 4.69) is 12.2 Å². The van der Waals surface area contributed by atoms with Gasteiger partial charge in [-0.2, -0.15) is 0 Å². The Morgan fingerprint density at radius 1 is 1.44 bits per heavy atom. The summed E-state index contributed by atoms with van der Waals surface area (Å²) in [5.74, 6) is -0.263. The van der Waals surface area contributed by atoms with Gasteiger partial charge in [0, 0.05) is 7.05 Å². The van der Waals surface area contributed by atoms with Gasteiger partial charge < -0.3 is 16.4 Å².